The van der Waals surface area contributed by atoms with E-state index in [0.29, 0.717) is 23.9 Å². The van der Waals surface area contributed by atoms with Crippen molar-refractivity contribution in [3.8, 4) is 0 Å². The van der Waals surface area contributed by atoms with Crippen molar-refractivity contribution in [1.29, 1.82) is 0 Å². The highest BCUT2D eigenvalue weighted by Crippen LogP contribution is 2.35. The second kappa shape index (κ2) is 6.53. The molecule has 116 valence electrons. The van der Waals surface area contributed by atoms with Gasteiger partial charge in [-0.1, -0.05) is 18.2 Å². The highest BCUT2D eigenvalue weighted by atomic mass is 32.2. The number of Topliss-reactive ketones (excluding diaryl/α,β-unsaturated/α-hetero) is 1. The van der Waals surface area contributed by atoms with Crippen LogP contribution < -0.4 is 5.32 Å². The molecule has 0 radical (unpaired) electrons. The lowest BCUT2D eigenvalue weighted by molar-refractivity contribution is -0.118. The topological polar surface area (TPSA) is 29.1 Å². The Balaban J connectivity index is 1.85. The summed E-state index contributed by atoms with van der Waals surface area (Å²) in [4.78, 5) is 13.4. The van der Waals surface area contributed by atoms with E-state index in [2.05, 4.69) is 45.1 Å². The average molecular weight is 305 g/mol. The van der Waals surface area contributed by atoms with Gasteiger partial charge in [-0.25, -0.2) is 0 Å². The molecule has 0 atom stereocenters. The van der Waals surface area contributed by atoms with Crippen molar-refractivity contribution in [1.82, 2.24) is 5.32 Å². The van der Waals surface area contributed by atoms with Gasteiger partial charge in [0.15, 0.2) is 0 Å². The number of rotatable bonds is 5. The van der Waals surface area contributed by atoms with Crippen LogP contribution in [-0.2, 0) is 4.79 Å². The maximum absolute atomic E-state index is 12.3. The van der Waals surface area contributed by atoms with Gasteiger partial charge < -0.3 is 5.32 Å². The SMILES string of the molecule is CC1(C)CC(CC(=O)CSc2ccccc2)CC(C)(C)N1. The van der Waals surface area contributed by atoms with Crippen molar-refractivity contribution in [3.63, 3.8) is 0 Å². The standard InChI is InChI=1S/C18H27NOS/c1-17(2)11-14(12-18(3,4)19-17)10-15(20)13-21-16-8-6-5-7-9-16/h5-9,14,19H,10-13H2,1-4H3. The Hall–Kier alpha value is -0.800. The van der Waals surface area contributed by atoms with E-state index in [-0.39, 0.29) is 11.1 Å². The predicted molar refractivity (Wildman–Crippen MR) is 90.8 cm³/mol. The lowest BCUT2D eigenvalue weighted by Crippen LogP contribution is -2.58. The van der Waals surface area contributed by atoms with Crippen molar-refractivity contribution in [2.45, 2.75) is 62.9 Å². The molecule has 1 aromatic rings. The number of piperidine rings is 1. The number of benzene rings is 1. The first-order chi connectivity index (χ1) is 9.76. The highest BCUT2D eigenvalue weighted by molar-refractivity contribution is 8.00. The third-order valence-electron chi connectivity index (χ3n) is 3.93. The van der Waals surface area contributed by atoms with Crippen molar-refractivity contribution in [3.05, 3.63) is 30.3 Å². The molecule has 2 nitrogen and oxygen atoms in total. The summed E-state index contributed by atoms with van der Waals surface area (Å²) in [5, 5.41) is 3.68. The van der Waals surface area contributed by atoms with Gasteiger partial charge in [0.1, 0.15) is 5.78 Å². The van der Waals surface area contributed by atoms with Crippen LogP contribution in [0.15, 0.2) is 35.2 Å². The van der Waals surface area contributed by atoms with Crippen molar-refractivity contribution >= 4 is 17.5 Å². The number of thioether (sulfide) groups is 1. The van der Waals surface area contributed by atoms with E-state index in [1.54, 1.807) is 11.8 Å². The summed E-state index contributed by atoms with van der Waals surface area (Å²) in [5.41, 5.74) is 0.249. The molecular weight excluding hydrogens is 278 g/mol. The van der Waals surface area contributed by atoms with Gasteiger partial charge >= 0.3 is 0 Å². The first-order valence-electron chi connectivity index (χ1n) is 7.75. The molecular formula is C18H27NOS. The zero-order valence-electron chi connectivity index (χ0n) is 13.6. The van der Waals surface area contributed by atoms with Gasteiger partial charge in [0.2, 0.25) is 0 Å². The molecule has 1 fully saturated rings. The fraction of sp³-hybridized carbons (Fsp3) is 0.611. The van der Waals surface area contributed by atoms with Crippen LogP contribution in [0.3, 0.4) is 0 Å². The number of hydrogen-bond donors (Lipinski definition) is 1. The van der Waals surface area contributed by atoms with E-state index in [4.69, 9.17) is 0 Å². The van der Waals surface area contributed by atoms with E-state index in [1.807, 2.05) is 18.2 Å². The summed E-state index contributed by atoms with van der Waals surface area (Å²) < 4.78 is 0. The van der Waals surface area contributed by atoms with E-state index in [9.17, 15) is 4.79 Å². The van der Waals surface area contributed by atoms with Gasteiger partial charge in [-0.15, -0.1) is 11.8 Å². The summed E-state index contributed by atoms with van der Waals surface area (Å²) in [7, 11) is 0. The van der Waals surface area contributed by atoms with Crippen molar-refractivity contribution in [2.75, 3.05) is 5.75 Å². The van der Waals surface area contributed by atoms with Gasteiger partial charge in [0.25, 0.3) is 0 Å². The first kappa shape index (κ1) is 16.6. The molecule has 0 aromatic heterocycles. The number of nitrogens with one attached hydrogen (secondary N) is 1. The Morgan fingerprint density at radius 2 is 1.71 bits per heavy atom. The largest absolute Gasteiger partial charge is 0.307 e. The molecule has 0 saturated carbocycles. The van der Waals surface area contributed by atoms with Crippen molar-refractivity contribution < 1.29 is 4.79 Å². The second-order valence-corrected chi connectivity index (χ2v) is 8.56. The van der Waals surface area contributed by atoms with Crippen LogP contribution in [0.2, 0.25) is 0 Å². The molecule has 1 saturated heterocycles. The molecule has 2 rings (SSSR count). The van der Waals surface area contributed by atoms with Gasteiger partial charge in [-0.2, -0.15) is 0 Å². The van der Waals surface area contributed by atoms with Crippen LogP contribution in [0.4, 0.5) is 0 Å². The first-order valence-corrected chi connectivity index (χ1v) is 8.73. The molecule has 1 aliphatic heterocycles. The molecule has 0 amide bonds. The molecule has 21 heavy (non-hydrogen) atoms. The molecule has 0 unspecified atom stereocenters. The third-order valence-corrected chi connectivity index (χ3v) is 5.01. The number of carbonyl (C=O) groups excluding carboxylic acids is 1. The summed E-state index contributed by atoms with van der Waals surface area (Å²) in [6.07, 6.45) is 2.88. The normalized spacial score (nSPS) is 21.1. The predicted octanol–water partition coefficient (Wildman–Crippen LogP) is 4.29. The van der Waals surface area contributed by atoms with Crippen molar-refractivity contribution in [2.24, 2.45) is 5.92 Å². The van der Waals surface area contributed by atoms with E-state index in [0.717, 1.165) is 12.8 Å². The molecule has 1 aromatic carbocycles. The molecule has 1 heterocycles. The Kier molecular flexibility index (Phi) is 5.15. The van der Waals surface area contributed by atoms with E-state index >= 15 is 0 Å². The van der Waals surface area contributed by atoms with Crippen LogP contribution in [0, 0.1) is 5.92 Å². The molecule has 0 aliphatic carbocycles. The fourth-order valence-corrected chi connectivity index (χ4v) is 4.53. The van der Waals surface area contributed by atoms with Crippen LogP contribution >= 0.6 is 11.8 Å². The van der Waals surface area contributed by atoms with Gasteiger partial charge in [-0.3, -0.25) is 4.79 Å². The molecule has 1 aliphatic rings. The van der Waals surface area contributed by atoms with Gasteiger partial charge in [0, 0.05) is 22.4 Å². The quantitative estimate of drug-likeness (QED) is 0.823. The summed E-state index contributed by atoms with van der Waals surface area (Å²) in [6, 6.07) is 10.2. The van der Waals surface area contributed by atoms with Crippen LogP contribution in [0.1, 0.15) is 47.0 Å². The lowest BCUT2D eigenvalue weighted by Gasteiger charge is -2.46. The Bertz CT molecular complexity index is 465. The average Bonchev–Trinajstić information content (AvgIpc) is 2.33. The van der Waals surface area contributed by atoms with Gasteiger partial charge in [0.05, 0.1) is 5.75 Å². The minimum atomic E-state index is 0.124. The fourth-order valence-electron chi connectivity index (χ4n) is 3.74. The van der Waals surface area contributed by atoms with Crippen LogP contribution in [0.5, 0.6) is 0 Å². The number of hydrogen-bond acceptors (Lipinski definition) is 3. The summed E-state index contributed by atoms with van der Waals surface area (Å²) >= 11 is 1.65. The molecule has 3 heteroatoms. The minimum Gasteiger partial charge on any atom is -0.307 e. The maximum Gasteiger partial charge on any atom is 0.143 e. The molecule has 1 N–H and O–H groups in total. The van der Waals surface area contributed by atoms with Crippen LogP contribution in [-0.4, -0.2) is 22.6 Å². The number of carbonyl (C=O) groups is 1. The highest BCUT2D eigenvalue weighted by Gasteiger charge is 2.38. The van der Waals surface area contributed by atoms with Crippen LogP contribution in [0.25, 0.3) is 0 Å². The monoisotopic (exact) mass is 305 g/mol. The molecule has 0 bridgehead atoms. The Morgan fingerprint density at radius 3 is 2.29 bits per heavy atom. The van der Waals surface area contributed by atoms with E-state index in [1.165, 1.54) is 4.90 Å². The molecule has 0 spiro atoms. The lowest BCUT2D eigenvalue weighted by atomic mass is 9.74. The zero-order valence-corrected chi connectivity index (χ0v) is 14.4. The van der Waals surface area contributed by atoms with E-state index < -0.39 is 0 Å². The summed E-state index contributed by atoms with van der Waals surface area (Å²) in [6.45, 7) is 8.96. The number of ketones is 1. The zero-order chi connectivity index (χ0) is 15.5. The smallest absolute Gasteiger partial charge is 0.143 e. The third kappa shape index (κ3) is 5.48. The second-order valence-electron chi connectivity index (χ2n) is 7.51. The Morgan fingerprint density at radius 1 is 1.14 bits per heavy atom. The Labute approximate surface area is 133 Å². The summed E-state index contributed by atoms with van der Waals surface area (Å²) in [5.74, 6) is 1.47. The van der Waals surface area contributed by atoms with Gasteiger partial charge in [-0.05, 0) is 58.6 Å². The minimum absolute atomic E-state index is 0.124. The maximum atomic E-state index is 12.3.